The lowest BCUT2D eigenvalue weighted by molar-refractivity contribution is 0.129. The van der Waals surface area contributed by atoms with Gasteiger partial charge in [0.25, 0.3) is 0 Å². The van der Waals surface area contributed by atoms with Crippen LogP contribution in [0.15, 0.2) is 18.2 Å². The van der Waals surface area contributed by atoms with Gasteiger partial charge in [-0.2, -0.15) is 0 Å². The summed E-state index contributed by atoms with van der Waals surface area (Å²) in [4.78, 5) is 13.8. The molecule has 1 heterocycles. The van der Waals surface area contributed by atoms with E-state index in [1.165, 1.54) is 0 Å². The molecule has 1 aliphatic heterocycles. The number of aliphatic hydroxyl groups is 1. The molecule has 23 heavy (non-hydrogen) atoms. The Kier molecular flexibility index (Phi) is 6.54. The fraction of sp³-hybridized carbons (Fsp3) is 0.588. The number of carbonyl (C=O) groups is 1. The maximum atomic E-state index is 12.0. The van der Waals surface area contributed by atoms with Gasteiger partial charge < -0.3 is 20.1 Å². The summed E-state index contributed by atoms with van der Waals surface area (Å²) in [6.45, 7) is 6.18. The minimum Gasteiger partial charge on any atom is -0.493 e. The van der Waals surface area contributed by atoms with E-state index >= 15 is 0 Å². The Bertz CT molecular complexity index is 537. The highest BCUT2D eigenvalue weighted by atomic mass is 35.5. The summed E-state index contributed by atoms with van der Waals surface area (Å²) in [5.74, 6) is 1.01. The van der Waals surface area contributed by atoms with Crippen LogP contribution in [0.25, 0.3) is 0 Å². The molecule has 0 spiro atoms. The third kappa shape index (κ3) is 5.29. The minimum atomic E-state index is -0.358. The van der Waals surface area contributed by atoms with Gasteiger partial charge in [-0.05, 0) is 50.5 Å². The number of hydrogen-bond acceptors (Lipinski definition) is 3. The van der Waals surface area contributed by atoms with Crippen LogP contribution in [0, 0.1) is 12.8 Å². The van der Waals surface area contributed by atoms with Gasteiger partial charge in [0, 0.05) is 30.6 Å². The van der Waals surface area contributed by atoms with Crippen molar-refractivity contribution in [2.24, 2.45) is 5.92 Å². The zero-order chi connectivity index (χ0) is 16.8. The van der Waals surface area contributed by atoms with Crippen molar-refractivity contribution in [3.63, 3.8) is 0 Å². The Balaban J connectivity index is 1.63. The number of likely N-dealkylation sites (tertiary alicyclic amines) is 1. The Labute approximate surface area is 142 Å². The average Bonchev–Trinajstić information content (AvgIpc) is 2.99. The molecular formula is C17H25ClN2O3. The molecule has 5 nitrogen and oxygen atoms in total. The summed E-state index contributed by atoms with van der Waals surface area (Å²) >= 11 is 5.90. The molecule has 1 aromatic rings. The monoisotopic (exact) mass is 340 g/mol. The quantitative estimate of drug-likeness (QED) is 0.783. The average molecular weight is 341 g/mol. The Morgan fingerprint density at radius 2 is 2.35 bits per heavy atom. The van der Waals surface area contributed by atoms with Gasteiger partial charge in [0.1, 0.15) is 5.75 Å². The number of urea groups is 1. The number of aryl methyl sites for hydroxylation is 1. The molecule has 2 rings (SSSR count). The smallest absolute Gasteiger partial charge is 0.317 e. The number of nitrogens with one attached hydrogen (secondary N) is 1. The number of amides is 2. The first-order valence-corrected chi connectivity index (χ1v) is 8.45. The van der Waals surface area contributed by atoms with Gasteiger partial charge in [-0.1, -0.05) is 11.6 Å². The summed E-state index contributed by atoms with van der Waals surface area (Å²) in [5.41, 5.74) is 1.00. The van der Waals surface area contributed by atoms with E-state index in [1.54, 1.807) is 17.9 Å². The van der Waals surface area contributed by atoms with Gasteiger partial charge in [-0.15, -0.1) is 0 Å². The van der Waals surface area contributed by atoms with E-state index in [2.05, 4.69) is 5.32 Å². The number of benzene rings is 1. The van der Waals surface area contributed by atoms with E-state index in [4.69, 9.17) is 16.3 Å². The molecule has 0 bridgehead atoms. The molecule has 2 amide bonds. The summed E-state index contributed by atoms with van der Waals surface area (Å²) in [6, 6.07) is 5.47. The molecule has 0 radical (unpaired) electrons. The van der Waals surface area contributed by atoms with Crippen molar-refractivity contribution in [2.75, 3.05) is 26.2 Å². The minimum absolute atomic E-state index is 0.0594. The molecule has 6 heteroatoms. The van der Waals surface area contributed by atoms with E-state index in [-0.39, 0.29) is 18.1 Å². The molecule has 1 saturated heterocycles. The Hall–Kier alpha value is -1.46. The topological polar surface area (TPSA) is 61.8 Å². The van der Waals surface area contributed by atoms with Gasteiger partial charge in [-0.25, -0.2) is 4.79 Å². The van der Waals surface area contributed by atoms with Crippen LogP contribution in [0.2, 0.25) is 5.02 Å². The highest BCUT2D eigenvalue weighted by molar-refractivity contribution is 6.30. The highest BCUT2D eigenvalue weighted by Crippen LogP contribution is 2.22. The number of hydrogen-bond donors (Lipinski definition) is 2. The van der Waals surface area contributed by atoms with Crippen molar-refractivity contribution in [3.8, 4) is 5.75 Å². The standard InChI is InChI=1S/C17H25ClN2O3/c1-12-10-15(18)4-5-16(12)23-9-3-7-19-17(22)20-8-6-14(11-20)13(2)21/h4-5,10,13-14,21H,3,6-9,11H2,1-2H3,(H,19,22)/t13-,14+/m1/s1. The fourth-order valence-electron chi connectivity index (χ4n) is 2.70. The zero-order valence-electron chi connectivity index (χ0n) is 13.7. The predicted molar refractivity (Wildman–Crippen MR) is 91.1 cm³/mol. The fourth-order valence-corrected chi connectivity index (χ4v) is 2.93. The van der Waals surface area contributed by atoms with Gasteiger partial charge in [0.2, 0.25) is 0 Å². The highest BCUT2D eigenvalue weighted by Gasteiger charge is 2.28. The van der Waals surface area contributed by atoms with E-state index < -0.39 is 0 Å². The number of carbonyl (C=O) groups excluding carboxylic acids is 1. The summed E-state index contributed by atoms with van der Waals surface area (Å²) in [5, 5.41) is 13.2. The van der Waals surface area contributed by atoms with Crippen molar-refractivity contribution >= 4 is 17.6 Å². The molecule has 0 aliphatic carbocycles. The molecule has 0 saturated carbocycles. The number of nitrogens with zero attached hydrogens (tertiary/aromatic N) is 1. The van der Waals surface area contributed by atoms with Crippen LogP contribution in [0.3, 0.4) is 0 Å². The molecular weight excluding hydrogens is 316 g/mol. The second-order valence-electron chi connectivity index (χ2n) is 6.08. The SMILES string of the molecule is Cc1cc(Cl)ccc1OCCCNC(=O)N1CC[C@H]([C@@H](C)O)C1. The molecule has 0 unspecified atom stereocenters. The van der Waals surface area contributed by atoms with E-state index in [1.807, 2.05) is 19.1 Å². The Morgan fingerprint density at radius 1 is 1.57 bits per heavy atom. The molecule has 0 aromatic heterocycles. The van der Waals surface area contributed by atoms with Gasteiger partial charge in [0.15, 0.2) is 0 Å². The van der Waals surface area contributed by atoms with Crippen molar-refractivity contribution in [1.82, 2.24) is 10.2 Å². The second-order valence-corrected chi connectivity index (χ2v) is 6.52. The molecule has 2 N–H and O–H groups in total. The Morgan fingerprint density at radius 3 is 3.00 bits per heavy atom. The van der Waals surface area contributed by atoms with E-state index in [0.717, 1.165) is 24.2 Å². The lowest BCUT2D eigenvalue weighted by Gasteiger charge is -2.18. The van der Waals surface area contributed by atoms with Gasteiger partial charge >= 0.3 is 6.03 Å². The van der Waals surface area contributed by atoms with E-state index in [9.17, 15) is 9.90 Å². The first-order chi connectivity index (χ1) is 11.0. The molecule has 2 atom stereocenters. The maximum Gasteiger partial charge on any atom is 0.317 e. The molecule has 1 fully saturated rings. The van der Waals surface area contributed by atoms with Crippen molar-refractivity contribution < 1.29 is 14.6 Å². The van der Waals surface area contributed by atoms with Crippen molar-refractivity contribution in [3.05, 3.63) is 28.8 Å². The van der Waals surface area contributed by atoms with Crippen LogP contribution in [0.5, 0.6) is 5.75 Å². The van der Waals surface area contributed by atoms with Crippen LogP contribution in [0.4, 0.5) is 4.79 Å². The lowest BCUT2D eigenvalue weighted by Crippen LogP contribution is -2.39. The third-order valence-corrected chi connectivity index (χ3v) is 4.42. The normalized spacial score (nSPS) is 18.8. The maximum absolute atomic E-state index is 12.0. The first kappa shape index (κ1) is 17.9. The third-order valence-electron chi connectivity index (χ3n) is 4.19. The summed E-state index contributed by atoms with van der Waals surface area (Å²) in [6.07, 6.45) is 1.25. The number of rotatable bonds is 6. The zero-order valence-corrected chi connectivity index (χ0v) is 14.5. The van der Waals surface area contributed by atoms with E-state index in [0.29, 0.717) is 31.3 Å². The molecule has 1 aliphatic rings. The van der Waals surface area contributed by atoms with Crippen molar-refractivity contribution in [1.29, 1.82) is 0 Å². The van der Waals surface area contributed by atoms with Gasteiger partial charge in [-0.3, -0.25) is 0 Å². The van der Waals surface area contributed by atoms with Crippen LogP contribution < -0.4 is 10.1 Å². The summed E-state index contributed by atoms with van der Waals surface area (Å²) in [7, 11) is 0. The predicted octanol–water partition coefficient (Wildman–Crippen LogP) is 2.83. The first-order valence-electron chi connectivity index (χ1n) is 8.07. The van der Waals surface area contributed by atoms with Crippen LogP contribution in [-0.2, 0) is 0 Å². The van der Waals surface area contributed by atoms with Crippen LogP contribution >= 0.6 is 11.6 Å². The number of ether oxygens (including phenoxy) is 1. The van der Waals surface area contributed by atoms with Crippen LogP contribution in [0.1, 0.15) is 25.3 Å². The summed E-state index contributed by atoms with van der Waals surface area (Å²) < 4.78 is 5.69. The molecule has 128 valence electrons. The number of aliphatic hydroxyl groups excluding tert-OH is 1. The van der Waals surface area contributed by atoms with Crippen molar-refractivity contribution in [2.45, 2.75) is 32.8 Å². The van der Waals surface area contributed by atoms with Crippen LogP contribution in [-0.4, -0.2) is 48.4 Å². The largest absolute Gasteiger partial charge is 0.493 e. The van der Waals surface area contributed by atoms with Gasteiger partial charge in [0.05, 0.1) is 12.7 Å². The number of halogens is 1. The second kappa shape index (κ2) is 8.41. The molecule has 1 aromatic carbocycles. The lowest BCUT2D eigenvalue weighted by atomic mass is 10.0.